The second-order valence-electron chi connectivity index (χ2n) is 3.04. The van der Waals surface area contributed by atoms with Crippen LogP contribution in [-0.4, -0.2) is 57.0 Å². The summed E-state index contributed by atoms with van der Waals surface area (Å²) in [6.07, 6.45) is 0.203. The molecular weight excluding hydrogens is 276 g/mol. The zero-order chi connectivity index (χ0) is 16.1. The molecule has 1 atom stereocenters. The third-order valence-electron chi connectivity index (χ3n) is 1.35. The molecule has 0 amide bonds. The van der Waals surface area contributed by atoms with Crippen molar-refractivity contribution < 1.29 is 44.3 Å². The van der Waals surface area contributed by atoms with Gasteiger partial charge in [0.25, 0.3) is 0 Å². The minimum absolute atomic E-state index is 0.0322. The van der Waals surface area contributed by atoms with E-state index in [1.165, 1.54) is 6.08 Å². The van der Waals surface area contributed by atoms with Gasteiger partial charge in [-0.05, 0) is 0 Å². The van der Waals surface area contributed by atoms with Crippen molar-refractivity contribution in [3.05, 3.63) is 24.8 Å². The summed E-state index contributed by atoms with van der Waals surface area (Å²) in [4.78, 5) is 39.8. The van der Waals surface area contributed by atoms with Gasteiger partial charge < -0.3 is 25.2 Å². The van der Waals surface area contributed by atoms with Crippen LogP contribution < -0.4 is 0 Å². The fourth-order valence-electron chi connectivity index (χ4n) is 0.629. The highest BCUT2D eigenvalue weighted by Crippen LogP contribution is 1.94. The molecule has 9 nitrogen and oxygen atoms in total. The molecular formula is C11H14O9. The van der Waals surface area contributed by atoms with Gasteiger partial charge in [-0.25, -0.2) is 14.4 Å². The van der Waals surface area contributed by atoms with Gasteiger partial charge in [-0.3, -0.25) is 4.79 Å². The summed E-state index contributed by atoms with van der Waals surface area (Å²) >= 11 is 0. The van der Waals surface area contributed by atoms with Crippen LogP contribution in [0.15, 0.2) is 24.8 Å². The molecule has 0 heterocycles. The number of carbonyl (C=O) groups is 4. The Kier molecular flexibility index (Phi) is 11.2. The van der Waals surface area contributed by atoms with E-state index >= 15 is 0 Å². The van der Waals surface area contributed by atoms with Crippen LogP contribution in [0.2, 0.25) is 0 Å². The predicted molar refractivity (Wildman–Crippen MR) is 63.8 cm³/mol. The Morgan fingerprint density at radius 1 is 1.05 bits per heavy atom. The SMILES string of the molecule is C=CCOC(=O)C(O)CC(=O)O.O=C(O)C=CC(=O)O. The van der Waals surface area contributed by atoms with E-state index in [0.29, 0.717) is 12.2 Å². The molecule has 0 aliphatic heterocycles. The molecule has 20 heavy (non-hydrogen) atoms. The summed E-state index contributed by atoms with van der Waals surface area (Å²) in [5.74, 6) is -4.71. The lowest BCUT2D eigenvalue weighted by atomic mass is 10.2. The van der Waals surface area contributed by atoms with Crippen LogP contribution in [0.25, 0.3) is 0 Å². The van der Waals surface area contributed by atoms with E-state index in [1.54, 1.807) is 0 Å². The van der Waals surface area contributed by atoms with Gasteiger partial charge >= 0.3 is 23.9 Å². The topological polar surface area (TPSA) is 158 Å². The van der Waals surface area contributed by atoms with Gasteiger partial charge in [0.1, 0.15) is 6.61 Å². The van der Waals surface area contributed by atoms with E-state index in [0.717, 1.165) is 0 Å². The number of carboxylic acids is 3. The molecule has 0 fully saturated rings. The molecule has 0 aliphatic rings. The van der Waals surface area contributed by atoms with Gasteiger partial charge in [-0.2, -0.15) is 0 Å². The fourth-order valence-corrected chi connectivity index (χ4v) is 0.629. The van der Waals surface area contributed by atoms with Crippen molar-refractivity contribution in [3.63, 3.8) is 0 Å². The molecule has 0 aromatic heterocycles. The van der Waals surface area contributed by atoms with Gasteiger partial charge in [-0.1, -0.05) is 12.7 Å². The summed E-state index contributed by atoms with van der Waals surface area (Å²) < 4.78 is 4.38. The van der Waals surface area contributed by atoms with Crippen molar-refractivity contribution in [2.24, 2.45) is 0 Å². The van der Waals surface area contributed by atoms with Crippen molar-refractivity contribution in [3.8, 4) is 0 Å². The molecule has 0 saturated carbocycles. The first-order chi connectivity index (χ1) is 9.20. The van der Waals surface area contributed by atoms with E-state index in [4.69, 9.17) is 20.4 Å². The minimum atomic E-state index is -1.59. The number of aliphatic carboxylic acids is 3. The maximum absolute atomic E-state index is 10.7. The van der Waals surface area contributed by atoms with Crippen LogP contribution in [-0.2, 0) is 23.9 Å². The number of aliphatic hydroxyl groups excluding tert-OH is 1. The third kappa shape index (κ3) is 15.3. The number of esters is 1. The standard InChI is InChI=1S/C7H10O5.C4H4O4/c1-2-3-12-7(11)5(8)4-6(9)10;5-3(6)1-2-4(7)8/h2,5,8H,1,3-4H2,(H,9,10);1-2H,(H,5,6)(H,7,8). The molecule has 1 unspecified atom stereocenters. The first-order valence-corrected chi connectivity index (χ1v) is 5.02. The number of aliphatic hydroxyl groups is 1. The van der Waals surface area contributed by atoms with Gasteiger partial charge in [0.05, 0.1) is 6.42 Å². The molecule has 0 rings (SSSR count). The highest BCUT2D eigenvalue weighted by Gasteiger charge is 2.19. The van der Waals surface area contributed by atoms with E-state index in [1.807, 2.05) is 0 Å². The fraction of sp³-hybridized carbons (Fsp3) is 0.273. The molecule has 0 aromatic rings. The molecule has 0 radical (unpaired) electrons. The Balaban J connectivity index is 0. The summed E-state index contributed by atoms with van der Waals surface area (Å²) in [6.45, 7) is 3.25. The van der Waals surface area contributed by atoms with Crippen LogP contribution >= 0.6 is 0 Å². The zero-order valence-corrected chi connectivity index (χ0v) is 10.3. The number of carbonyl (C=O) groups excluding carboxylic acids is 1. The molecule has 0 spiro atoms. The van der Waals surface area contributed by atoms with Crippen LogP contribution in [0.3, 0.4) is 0 Å². The number of hydrogen-bond acceptors (Lipinski definition) is 6. The first kappa shape index (κ1) is 19.7. The Morgan fingerprint density at radius 3 is 1.80 bits per heavy atom. The maximum Gasteiger partial charge on any atom is 0.335 e. The molecule has 0 aromatic carbocycles. The Bertz CT molecular complexity index is 381. The highest BCUT2D eigenvalue weighted by atomic mass is 16.5. The molecule has 0 saturated heterocycles. The van der Waals surface area contributed by atoms with Crippen molar-refractivity contribution in [1.29, 1.82) is 0 Å². The number of ether oxygens (including phenoxy) is 1. The van der Waals surface area contributed by atoms with Gasteiger partial charge in [-0.15, -0.1) is 0 Å². The van der Waals surface area contributed by atoms with Crippen molar-refractivity contribution in [2.75, 3.05) is 6.61 Å². The van der Waals surface area contributed by atoms with Crippen molar-refractivity contribution in [2.45, 2.75) is 12.5 Å². The zero-order valence-electron chi connectivity index (χ0n) is 10.3. The number of rotatable bonds is 7. The van der Waals surface area contributed by atoms with Crippen LogP contribution in [0, 0.1) is 0 Å². The third-order valence-corrected chi connectivity index (χ3v) is 1.35. The molecule has 112 valence electrons. The molecule has 9 heteroatoms. The van der Waals surface area contributed by atoms with Gasteiger partial charge in [0, 0.05) is 12.2 Å². The van der Waals surface area contributed by atoms with Crippen LogP contribution in [0.4, 0.5) is 0 Å². The van der Waals surface area contributed by atoms with E-state index in [2.05, 4.69) is 11.3 Å². The van der Waals surface area contributed by atoms with E-state index in [-0.39, 0.29) is 6.61 Å². The normalized spacial score (nSPS) is 10.8. The Labute approximate surface area is 113 Å². The van der Waals surface area contributed by atoms with E-state index < -0.39 is 36.4 Å². The summed E-state index contributed by atoms with van der Waals surface area (Å²) in [7, 11) is 0. The highest BCUT2D eigenvalue weighted by molar-refractivity contribution is 5.89. The average molecular weight is 290 g/mol. The maximum atomic E-state index is 10.7. The smallest absolute Gasteiger partial charge is 0.335 e. The summed E-state index contributed by atoms with van der Waals surface area (Å²) in [5.41, 5.74) is 0. The van der Waals surface area contributed by atoms with E-state index in [9.17, 15) is 19.2 Å². The molecule has 4 N–H and O–H groups in total. The Hall–Kier alpha value is -2.68. The van der Waals surface area contributed by atoms with Crippen LogP contribution in [0.5, 0.6) is 0 Å². The lowest BCUT2D eigenvalue weighted by Crippen LogP contribution is -2.25. The monoisotopic (exact) mass is 290 g/mol. The largest absolute Gasteiger partial charge is 0.481 e. The Morgan fingerprint density at radius 2 is 1.50 bits per heavy atom. The molecule has 0 bridgehead atoms. The van der Waals surface area contributed by atoms with Gasteiger partial charge in [0.15, 0.2) is 6.10 Å². The summed E-state index contributed by atoms with van der Waals surface area (Å²) in [6, 6.07) is 0. The lowest BCUT2D eigenvalue weighted by molar-refractivity contribution is -0.157. The van der Waals surface area contributed by atoms with Crippen molar-refractivity contribution in [1.82, 2.24) is 0 Å². The summed E-state index contributed by atoms with van der Waals surface area (Å²) in [5, 5.41) is 32.6. The number of carboxylic acid groups (broad SMARTS) is 3. The quantitative estimate of drug-likeness (QED) is 0.269. The van der Waals surface area contributed by atoms with Crippen LogP contribution in [0.1, 0.15) is 6.42 Å². The van der Waals surface area contributed by atoms with Gasteiger partial charge in [0.2, 0.25) is 0 Å². The first-order valence-electron chi connectivity index (χ1n) is 5.02. The minimum Gasteiger partial charge on any atom is -0.481 e. The average Bonchev–Trinajstić information content (AvgIpc) is 2.33. The number of hydrogen-bond donors (Lipinski definition) is 4. The second-order valence-corrected chi connectivity index (χ2v) is 3.04. The molecule has 0 aliphatic carbocycles. The second kappa shape index (κ2) is 11.4. The predicted octanol–water partition coefficient (Wildman–Crippen LogP) is -0.737. The van der Waals surface area contributed by atoms with Crippen molar-refractivity contribution >= 4 is 23.9 Å². The lowest BCUT2D eigenvalue weighted by Gasteiger charge is -2.05.